The minimum Gasteiger partial charge on any atom is -0.324 e. The van der Waals surface area contributed by atoms with Crippen LogP contribution in [0.3, 0.4) is 0 Å². The number of hydrogen-bond acceptors (Lipinski definition) is 3. The number of nitrogens with zero attached hydrogens (tertiary/aromatic N) is 2. The molecule has 1 atom stereocenters. The summed E-state index contributed by atoms with van der Waals surface area (Å²) >= 11 is 0. The first-order chi connectivity index (χ1) is 23.2. The lowest BCUT2D eigenvalue weighted by molar-refractivity contribution is -0.921. The van der Waals surface area contributed by atoms with E-state index in [-0.39, 0.29) is 17.9 Å². The fourth-order valence-electron chi connectivity index (χ4n) is 7.71. The second kappa shape index (κ2) is 21.4. The average Bonchev–Trinajstić information content (AvgIpc) is 3.30. The van der Waals surface area contributed by atoms with E-state index in [1.165, 1.54) is 77.0 Å². The maximum absolute atomic E-state index is 13.6. The molecule has 2 aromatic rings. The predicted octanol–water partition coefficient (Wildman–Crippen LogP) is 9.89. The number of hydrogen-bond donors (Lipinski definition) is 2. The zero-order valence-corrected chi connectivity index (χ0v) is 31.6. The van der Waals surface area contributed by atoms with Gasteiger partial charge in [-0.3, -0.25) is 14.5 Å². The second-order valence-electron chi connectivity index (χ2n) is 14.8. The summed E-state index contributed by atoms with van der Waals surface area (Å²) in [5, 5.41) is 6.61. The van der Waals surface area contributed by atoms with E-state index in [1.807, 2.05) is 0 Å². The van der Waals surface area contributed by atoms with Gasteiger partial charge in [0.25, 0.3) is 5.91 Å². The van der Waals surface area contributed by atoms with Crippen molar-refractivity contribution in [1.82, 2.24) is 4.90 Å². The van der Waals surface area contributed by atoms with Crippen molar-refractivity contribution in [3.8, 4) is 0 Å². The highest BCUT2D eigenvalue weighted by atomic mass is 16.2. The van der Waals surface area contributed by atoms with E-state index in [4.69, 9.17) is 0 Å². The third-order valence-electron chi connectivity index (χ3n) is 10.7. The molecule has 1 heterocycles. The first kappa shape index (κ1) is 39.7. The molecule has 0 aromatic heterocycles. The summed E-state index contributed by atoms with van der Waals surface area (Å²) in [5.74, 6) is 0.324. The van der Waals surface area contributed by atoms with Crippen molar-refractivity contribution < 1.29 is 14.1 Å². The van der Waals surface area contributed by atoms with Crippen LogP contribution in [0.5, 0.6) is 0 Å². The summed E-state index contributed by atoms with van der Waals surface area (Å²) in [5.41, 5.74) is 6.48. The molecule has 1 unspecified atom stereocenters. The highest BCUT2D eigenvalue weighted by Crippen LogP contribution is 2.25. The standard InChI is InChI=1S/C42H68N4O2/c1-7-9-18-30-46(31-19-10-8-2,33-39(47)43-40-34(3)23-21-24-35(40)4)32-20-13-11-12-16-28-45-29-17-14-15-27-38(45)42(48)44-41-36(5)25-22-26-37(41)6/h21-26,38H,7-20,27-33H2,1-6H3,(H-,43,44,47,48)/p+1. The maximum atomic E-state index is 13.6. The Labute approximate surface area is 294 Å². The first-order valence-electron chi connectivity index (χ1n) is 19.5. The number of likely N-dealkylation sites (tertiary alicyclic amines) is 1. The molecular formula is C42H69N4O2+. The molecule has 2 N–H and O–H groups in total. The van der Waals surface area contributed by atoms with Gasteiger partial charge in [0, 0.05) is 11.4 Å². The first-order valence-corrected chi connectivity index (χ1v) is 19.5. The molecule has 0 saturated carbocycles. The van der Waals surface area contributed by atoms with Gasteiger partial charge in [-0.1, -0.05) is 88.8 Å². The Bertz CT molecular complexity index is 1210. The van der Waals surface area contributed by atoms with Crippen LogP contribution >= 0.6 is 0 Å². The lowest BCUT2D eigenvalue weighted by Crippen LogP contribution is -2.54. The number of amides is 2. The zero-order chi connectivity index (χ0) is 34.8. The molecule has 2 aromatic carbocycles. The molecule has 0 aliphatic carbocycles. The molecule has 3 rings (SSSR count). The Kier molecular flexibility index (Phi) is 17.7. The number of quaternary nitrogens is 1. The molecule has 0 bridgehead atoms. The van der Waals surface area contributed by atoms with Gasteiger partial charge >= 0.3 is 0 Å². The Morgan fingerprint density at radius 3 is 1.73 bits per heavy atom. The van der Waals surface area contributed by atoms with Gasteiger partial charge in [0.15, 0.2) is 6.54 Å². The van der Waals surface area contributed by atoms with Gasteiger partial charge < -0.3 is 15.1 Å². The third-order valence-corrected chi connectivity index (χ3v) is 10.7. The van der Waals surface area contributed by atoms with Gasteiger partial charge in [-0.05, 0) is 121 Å². The lowest BCUT2D eigenvalue weighted by atomic mass is 10.1. The molecule has 1 aliphatic rings. The van der Waals surface area contributed by atoms with Gasteiger partial charge in [-0.15, -0.1) is 0 Å². The van der Waals surface area contributed by atoms with Crippen LogP contribution in [0.4, 0.5) is 11.4 Å². The molecule has 48 heavy (non-hydrogen) atoms. The minimum absolute atomic E-state index is 0.0368. The van der Waals surface area contributed by atoms with E-state index in [1.54, 1.807) is 0 Å². The normalized spacial score (nSPS) is 15.7. The van der Waals surface area contributed by atoms with E-state index in [0.717, 1.165) is 90.1 Å². The quantitative estimate of drug-likeness (QED) is 0.103. The number of benzene rings is 2. The van der Waals surface area contributed by atoms with Gasteiger partial charge in [-0.2, -0.15) is 0 Å². The smallest absolute Gasteiger partial charge is 0.279 e. The van der Waals surface area contributed by atoms with Crippen molar-refractivity contribution >= 4 is 23.2 Å². The molecule has 1 saturated heterocycles. The number of para-hydroxylation sites is 2. The number of rotatable bonds is 21. The fourth-order valence-corrected chi connectivity index (χ4v) is 7.71. The summed E-state index contributed by atoms with van der Waals surface area (Å²) in [6.07, 6.45) is 17.6. The molecular weight excluding hydrogens is 592 g/mol. The van der Waals surface area contributed by atoms with Crippen LogP contribution in [-0.2, 0) is 9.59 Å². The Morgan fingerprint density at radius 1 is 0.667 bits per heavy atom. The number of carbonyl (C=O) groups is 2. The van der Waals surface area contributed by atoms with Gasteiger partial charge in [0.2, 0.25) is 5.91 Å². The predicted molar refractivity (Wildman–Crippen MR) is 205 cm³/mol. The number of unbranched alkanes of at least 4 members (excludes halogenated alkanes) is 8. The number of anilines is 2. The van der Waals surface area contributed by atoms with Crippen LogP contribution in [-0.4, -0.2) is 66.5 Å². The van der Waals surface area contributed by atoms with Crippen LogP contribution in [0.2, 0.25) is 0 Å². The van der Waals surface area contributed by atoms with Crippen LogP contribution in [0.25, 0.3) is 0 Å². The van der Waals surface area contributed by atoms with Crippen molar-refractivity contribution in [2.24, 2.45) is 0 Å². The van der Waals surface area contributed by atoms with E-state index in [9.17, 15) is 9.59 Å². The summed E-state index contributed by atoms with van der Waals surface area (Å²) in [6, 6.07) is 12.4. The molecule has 2 amide bonds. The topological polar surface area (TPSA) is 61.4 Å². The molecule has 6 nitrogen and oxygen atoms in total. The number of carbonyl (C=O) groups excluding carboxylic acids is 2. The van der Waals surface area contributed by atoms with Gasteiger partial charge in [-0.25, -0.2) is 0 Å². The van der Waals surface area contributed by atoms with Crippen molar-refractivity contribution in [2.75, 3.05) is 49.9 Å². The number of aryl methyl sites for hydroxylation is 4. The fraction of sp³-hybridized carbons (Fsp3) is 0.667. The van der Waals surface area contributed by atoms with E-state index >= 15 is 0 Å². The SMILES string of the molecule is CCCCC[N+](CCCCC)(CCCCCCCN1CCCCCC1C(=O)Nc1c(C)cccc1C)CC(=O)Nc1c(C)cccc1C. The van der Waals surface area contributed by atoms with Crippen molar-refractivity contribution in [2.45, 2.75) is 144 Å². The van der Waals surface area contributed by atoms with E-state index in [2.05, 4.69) is 93.5 Å². The molecule has 1 aliphatic heterocycles. The molecule has 0 spiro atoms. The highest BCUT2D eigenvalue weighted by Gasteiger charge is 2.30. The molecule has 0 radical (unpaired) electrons. The third kappa shape index (κ3) is 13.0. The molecule has 6 heteroatoms. The summed E-state index contributed by atoms with van der Waals surface area (Å²) in [7, 11) is 0. The Balaban J connectivity index is 1.54. The van der Waals surface area contributed by atoms with Crippen LogP contribution in [0.15, 0.2) is 36.4 Å². The van der Waals surface area contributed by atoms with Gasteiger partial charge in [0.1, 0.15) is 0 Å². The molecule has 268 valence electrons. The maximum Gasteiger partial charge on any atom is 0.279 e. The second-order valence-corrected chi connectivity index (χ2v) is 14.8. The Morgan fingerprint density at radius 2 is 1.17 bits per heavy atom. The van der Waals surface area contributed by atoms with Crippen molar-refractivity contribution in [1.29, 1.82) is 0 Å². The van der Waals surface area contributed by atoms with E-state index in [0.29, 0.717) is 6.54 Å². The Hall–Kier alpha value is -2.70. The van der Waals surface area contributed by atoms with Crippen LogP contribution in [0.1, 0.15) is 132 Å². The number of nitrogens with one attached hydrogen (secondary N) is 2. The largest absolute Gasteiger partial charge is 0.324 e. The van der Waals surface area contributed by atoms with Crippen molar-refractivity contribution in [3.05, 3.63) is 58.7 Å². The van der Waals surface area contributed by atoms with E-state index < -0.39 is 0 Å². The average molecular weight is 662 g/mol. The van der Waals surface area contributed by atoms with Crippen molar-refractivity contribution in [3.63, 3.8) is 0 Å². The minimum atomic E-state index is -0.0368. The monoisotopic (exact) mass is 662 g/mol. The summed E-state index contributed by atoms with van der Waals surface area (Å²) in [6.45, 7) is 18.7. The van der Waals surface area contributed by atoms with Crippen LogP contribution < -0.4 is 10.6 Å². The van der Waals surface area contributed by atoms with Crippen LogP contribution in [0, 0.1) is 27.7 Å². The molecule has 1 fully saturated rings. The van der Waals surface area contributed by atoms with Gasteiger partial charge in [0.05, 0.1) is 25.7 Å². The summed E-state index contributed by atoms with van der Waals surface area (Å²) < 4.78 is 0.918. The zero-order valence-electron chi connectivity index (χ0n) is 31.6. The highest BCUT2D eigenvalue weighted by molar-refractivity contribution is 5.96. The summed E-state index contributed by atoms with van der Waals surface area (Å²) in [4.78, 5) is 29.6. The lowest BCUT2D eigenvalue weighted by Gasteiger charge is -2.39.